The zero-order chi connectivity index (χ0) is 23.7. The van der Waals surface area contributed by atoms with Crippen LogP contribution in [-0.2, 0) is 9.53 Å². The Morgan fingerprint density at radius 1 is 1.09 bits per heavy atom. The van der Waals surface area contributed by atoms with Crippen molar-refractivity contribution in [1.82, 2.24) is 15.3 Å². The van der Waals surface area contributed by atoms with Gasteiger partial charge in [0.25, 0.3) is 5.91 Å². The number of carbonyl (C=O) groups is 2. The summed E-state index contributed by atoms with van der Waals surface area (Å²) >= 11 is 0. The molecule has 2 aliphatic rings. The number of aromatic nitrogens is 2. The van der Waals surface area contributed by atoms with Crippen LogP contribution in [-0.4, -0.2) is 52.2 Å². The number of ether oxygens (including phenoxy) is 1. The lowest BCUT2D eigenvalue weighted by atomic mass is 9.92. The van der Waals surface area contributed by atoms with Crippen molar-refractivity contribution in [3.63, 3.8) is 0 Å². The van der Waals surface area contributed by atoms with Gasteiger partial charge in [-0.2, -0.15) is 0 Å². The summed E-state index contributed by atoms with van der Waals surface area (Å²) in [6.45, 7) is 3.16. The summed E-state index contributed by atoms with van der Waals surface area (Å²) < 4.78 is 5.36. The van der Waals surface area contributed by atoms with E-state index >= 15 is 0 Å². The molecular formula is C26H28N4O4. The lowest BCUT2D eigenvalue weighted by Crippen LogP contribution is -2.40. The van der Waals surface area contributed by atoms with E-state index in [0.29, 0.717) is 43.6 Å². The van der Waals surface area contributed by atoms with Crippen LogP contribution >= 0.6 is 0 Å². The molecule has 0 bridgehead atoms. The molecule has 1 aliphatic carbocycles. The largest absolute Gasteiger partial charge is 0.480 e. The molecule has 3 N–H and O–H groups in total. The summed E-state index contributed by atoms with van der Waals surface area (Å²) in [6.07, 6.45) is 5.19. The van der Waals surface area contributed by atoms with E-state index in [0.717, 1.165) is 40.4 Å². The molecular weight excluding hydrogens is 432 g/mol. The summed E-state index contributed by atoms with van der Waals surface area (Å²) in [6, 6.07) is 11.2. The monoisotopic (exact) mass is 460 g/mol. The minimum atomic E-state index is -0.910. The number of carboxylic acid groups (broad SMARTS) is 1. The van der Waals surface area contributed by atoms with Gasteiger partial charge in [-0.25, -0.2) is 14.8 Å². The van der Waals surface area contributed by atoms with Crippen LogP contribution in [0.4, 0.5) is 5.95 Å². The first-order chi connectivity index (χ1) is 16.5. The van der Waals surface area contributed by atoms with Gasteiger partial charge in [-0.3, -0.25) is 4.79 Å². The van der Waals surface area contributed by atoms with Crippen LogP contribution in [0, 0.1) is 12.8 Å². The fraction of sp³-hybridized carbons (Fsp3) is 0.385. The Kier molecular flexibility index (Phi) is 6.15. The Labute approximate surface area is 197 Å². The minimum Gasteiger partial charge on any atom is -0.480 e. The number of nitrogens with one attached hydrogen (secondary N) is 2. The topological polar surface area (TPSA) is 113 Å². The summed E-state index contributed by atoms with van der Waals surface area (Å²) in [5, 5.41) is 16.6. The Balaban J connectivity index is 1.39. The molecule has 34 heavy (non-hydrogen) atoms. The normalized spacial score (nSPS) is 17.3. The number of benzene rings is 2. The van der Waals surface area contributed by atoms with Crippen LogP contribution in [0.15, 0.2) is 42.6 Å². The first kappa shape index (κ1) is 22.3. The van der Waals surface area contributed by atoms with E-state index in [-0.39, 0.29) is 11.8 Å². The predicted octanol–water partition coefficient (Wildman–Crippen LogP) is 3.79. The average Bonchev–Trinajstić information content (AvgIpc) is 3.66. The highest BCUT2D eigenvalue weighted by Gasteiger charge is 2.30. The number of anilines is 1. The van der Waals surface area contributed by atoms with Gasteiger partial charge in [0, 0.05) is 36.4 Å². The van der Waals surface area contributed by atoms with E-state index in [9.17, 15) is 14.7 Å². The first-order valence-corrected chi connectivity index (χ1v) is 11.7. The number of carboxylic acids is 1. The maximum absolute atomic E-state index is 12.5. The molecule has 0 radical (unpaired) electrons. The molecule has 1 atom stereocenters. The third kappa shape index (κ3) is 4.87. The highest BCUT2D eigenvalue weighted by Crippen LogP contribution is 2.29. The molecule has 1 aliphatic heterocycles. The fourth-order valence-corrected chi connectivity index (χ4v) is 4.41. The smallest absolute Gasteiger partial charge is 0.326 e. The zero-order valence-corrected chi connectivity index (χ0v) is 19.1. The molecule has 5 rings (SSSR count). The van der Waals surface area contributed by atoms with Crippen LogP contribution in [0.3, 0.4) is 0 Å². The molecule has 2 fully saturated rings. The molecule has 2 heterocycles. The Hall–Kier alpha value is -3.52. The van der Waals surface area contributed by atoms with Crippen molar-refractivity contribution in [3.05, 3.63) is 53.7 Å². The van der Waals surface area contributed by atoms with Crippen molar-refractivity contribution in [2.75, 3.05) is 18.5 Å². The maximum Gasteiger partial charge on any atom is 0.326 e. The standard InChI is InChI=1S/C26H28N4O4/c1-15-2-3-18(24(31)28-20-5-6-20)13-21(15)17-4-7-22-19(12-17)14-27-26(29-22)30-23(25(32)33)16-8-10-34-11-9-16/h2-4,7,12-14,16,20,23H,5-6,8-11H2,1H3,(H,28,31)(H,32,33)(H,27,29,30). The van der Waals surface area contributed by atoms with Crippen LogP contribution in [0.2, 0.25) is 0 Å². The molecule has 176 valence electrons. The minimum absolute atomic E-state index is 0.0275. The Bertz CT molecular complexity index is 1230. The van der Waals surface area contributed by atoms with Gasteiger partial charge in [-0.05, 0) is 79.5 Å². The average molecular weight is 461 g/mol. The van der Waals surface area contributed by atoms with E-state index in [1.807, 2.05) is 43.3 Å². The molecule has 1 unspecified atom stereocenters. The van der Waals surface area contributed by atoms with Crippen LogP contribution in [0.25, 0.3) is 22.0 Å². The van der Waals surface area contributed by atoms with Crippen molar-refractivity contribution in [3.8, 4) is 11.1 Å². The van der Waals surface area contributed by atoms with Gasteiger partial charge in [0.2, 0.25) is 5.95 Å². The number of hydrogen-bond donors (Lipinski definition) is 3. The summed E-state index contributed by atoms with van der Waals surface area (Å²) in [4.78, 5) is 33.3. The van der Waals surface area contributed by atoms with E-state index in [1.165, 1.54) is 0 Å². The van der Waals surface area contributed by atoms with Crippen LogP contribution in [0.1, 0.15) is 41.6 Å². The van der Waals surface area contributed by atoms with Gasteiger partial charge >= 0.3 is 5.97 Å². The number of amides is 1. The first-order valence-electron chi connectivity index (χ1n) is 11.7. The predicted molar refractivity (Wildman–Crippen MR) is 129 cm³/mol. The van der Waals surface area contributed by atoms with E-state index in [4.69, 9.17) is 4.74 Å². The van der Waals surface area contributed by atoms with E-state index < -0.39 is 12.0 Å². The van der Waals surface area contributed by atoms with Gasteiger partial charge in [-0.15, -0.1) is 0 Å². The molecule has 8 nitrogen and oxygen atoms in total. The number of aryl methyl sites for hydroxylation is 1. The molecule has 2 aromatic carbocycles. The third-order valence-corrected chi connectivity index (χ3v) is 6.59. The van der Waals surface area contributed by atoms with Crippen LogP contribution < -0.4 is 10.6 Å². The van der Waals surface area contributed by atoms with Gasteiger partial charge < -0.3 is 20.5 Å². The number of hydrogen-bond acceptors (Lipinski definition) is 6. The second kappa shape index (κ2) is 9.38. The van der Waals surface area contributed by atoms with Gasteiger partial charge in [-0.1, -0.05) is 12.1 Å². The number of rotatable bonds is 7. The molecule has 1 saturated heterocycles. The molecule has 3 aromatic rings. The number of nitrogens with zero attached hydrogens (tertiary/aromatic N) is 2. The van der Waals surface area contributed by atoms with Crippen molar-refractivity contribution in [2.24, 2.45) is 5.92 Å². The summed E-state index contributed by atoms with van der Waals surface area (Å²) in [5.41, 5.74) is 4.40. The quantitative estimate of drug-likeness (QED) is 0.492. The zero-order valence-electron chi connectivity index (χ0n) is 19.1. The molecule has 1 aromatic heterocycles. The summed E-state index contributed by atoms with van der Waals surface area (Å²) in [7, 11) is 0. The number of aliphatic carboxylic acids is 1. The molecule has 0 spiro atoms. The number of carbonyl (C=O) groups excluding carboxylic acids is 1. The second-order valence-corrected chi connectivity index (χ2v) is 9.15. The molecule has 1 saturated carbocycles. The molecule has 8 heteroatoms. The number of fused-ring (bicyclic) bond motifs is 1. The fourth-order valence-electron chi connectivity index (χ4n) is 4.41. The third-order valence-electron chi connectivity index (χ3n) is 6.59. The van der Waals surface area contributed by atoms with Gasteiger partial charge in [0.15, 0.2) is 0 Å². The van der Waals surface area contributed by atoms with Crippen molar-refractivity contribution in [1.29, 1.82) is 0 Å². The SMILES string of the molecule is Cc1ccc(C(=O)NC2CC2)cc1-c1ccc2nc(NC(C(=O)O)C3CCOCC3)ncc2c1. The summed E-state index contributed by atoms with van der Waals surface area (Å²) in [5.74, 6) is -0.678. The van der Waals surface area contributed by atoms with Crippen molar-refractivity contribution >= 4 is 28.7 Å². The van der Waals surface area contributed by atoms with Crippen molar-refractivity contribution in [2.45, 2.75) is 44.7 Å². The van der Waals surface area contributed by atoms with Gasteiger partial charge in [0.05, 0.1) is 5.52 Å². The second-order valence-electron chi connectivity index (χ2n) is 9.15. The lowest BCUT2D eigenvalue weighted by molar-refractivity contribution is -0.140. The highest BCUT2D eigenvalue weighted by molar-refractivity contribution is 5.96. The van der Waals surface area contributed by atoms with Crippen LogP contribution in [0.5, 0.6) is 0 Å². The lowest BCUT2D eigenvalue weighted by Gasteiger charge is -2.28. The van der Waals surface area contributed by atoms with E-state index in [2.05, 4.69) is 20.6 Å². The Morgan fingerprint density at radius 3 is 2.62 bits per heavy atom. The Morgan fingerprint density at radius 2 is 1.88 bits per heavy atom. The maximum atomic E-state index is 12.5. The van der Waals surface area contributed by atoms with E-state index in [1.54, 1.807) is 6.20 Å². The highest BCUT2D eigenvalue weighted by atomic mass is 16.5. The van der Waals surface area contributed by atoms with Crippen molar-refractivity contribution < 1.29 is 19.4 Å². The molecule has 1 amide bonds. The van der Waals surface area contributed by atoms with Gasteiger partial charge in [0.1, 0.15) is 6.04 Å².